The molecule has 7 heteroatoms. The van der Waals surface area contributed by atoms with Crippen LogP contribution in [0.2, 0.25) is 0 Å². The lowest BCUT2D eigenvalue weighted by Crippen LogP contribution is -2.26. The van der Waals surface area contributed by atoms with Crippen molar-refractivity contribution in [1.29, 1.82) is 0 Å². The average molecular weight is 373 g/mol. The third-order valence-electron chi connectivity index (χ3n) is 4.04. The molecule has 0 aliphatic carbocycles. The molecule has 0 fully saturated rings. The van der Waals surface area contributed by atoms with E-state index in [1.807, 2.05) is 19.1 Å². The molecule has 1 N–H and O–H groups in total. The van der Waals surface area contributed by atoms with Crippen LogP contribution >= 0.6 is 0 Å². The second kappa shape index (κ2) is 8.93. The first-order chi connectivity index (χ1) is 12.8. The quantitative estimate of drug-likeness (QED) is 0.766. The van der Waals surface area contributed by atoms with Crippen LogP contribution in [-0.4, -0.2) is 49.8 Å². The van der Waals surface area contributed by atoms with Gasteiger partial charge in [0.1, 0.15) is 5.75 Å². The molecule has 0 radical (unpaired) electrons. The maximum absolute atomic E-state index is 12.7. The molecule has 2 rings (SSSR count). The van der Waals surface area contributed by atoms with Gasteiger partial charge in [0.05, 0.1) is 14.2 Å². The molecule has 7 nitrogen and oxygen atoms in total. The van der Waals surface area contributed by atoms with E-state index in [1.54, 1.807) is 44.4 Å². The number of carboxylic acid groups (broad SMARTS) is 1. The number of hydrogen-bond donors (Lipinski definition) is 1. The van der Waals surface area contributed by atoms with Crippen molar-refractivity contribution in [1.82, 2.24) is 4.90 Å². The standard InChI is InChI=1S/C20H23NO6/c1-13-8-17(25-3)18(26-4)10-15(13)11-21(2)20(24)14-6-5-7-16(9-14)27-12-19(22)23/h5-10H,11-12H2,1-4H3,(H,22,23). The molecule has 0 aliphatic rings. The van der Waals surface area contributed by atoms with Crippen molar-refractivity contribution in [2.24, 2.45) is 0 Å². The van der Waals surface area contributed by atoms with Crippen molar-refractivity contribution in [3.8, 4) is 17.2 Å². The fraction of sp³-hybridized carbons (Fsp3) is 0.300. The normalized spacial score (nSPS) is 10.2. The van der Waals surface area contributed by atoms with Gasteiger partial charge in [-0.15, -0.1) is 0 Å². The molecule has 27 heavy (non-hydrogen) atoms. The molecule has 0 saturated heterocycles. The Morgan fingerprint density at radius 2 is 1.74 bits per heavy atom. The molecule has 0 heterocycles. The van der Waals surface area contributed by atoms with E-state index >= 15 is 0 Å². The number of nitrogens with zero attached hydrogens (tertiary/aromatic N) is 1. The summed E-state index contributed by atoms with van der Waals surface area (Å²) in [5, 5.41) is 8.69. The summed E-state index contributed by atoms with van der Waals surface area (Å²) in [5.41, 5.74) is 2.33. The summed E-state index contributed by atoms with van der Waals surface area (Å²) in [5.74, 6) is 0.288. The van der Waals surface area contributed by atoms with Gasteiger partial charge in [0.2, 0.25) is 0 Å². The summed E-state index contributed by atoms with van der Waals surface area (Å²) >= 11 is 0. The highest BCUT2D eigenvalue weighted by Gasteiger charge is 2.16. The van der Waals surface area contributed by atoms with Crippen molar-refractivity contribution in [2.75, 3.05) is 27.9 Å². The summed E-state index contributed by atoms with van der Waals surface area (Å²) in [4.78, 5) is 24.9. The molecule has 0 aromatic heterocycles. The van der Waals surface area contributed by atoms with Crippen LogP contribution in [0.5, 0.6) is 17.2 Å². The minimum atomic E-state index is -1.08. The van der Waals surface area contributed by atoms with Crippen LogP contribution in [0.15, 0.2) is 36.4 Å². The third-order valence-corrected chi connectivity index (χ3v) is 4.04. The van der Waals surface area contributed by atoms with Crippen molar-refractivity contribution in [3.05, 3.63) is 53.1 Å². The van der Waals surface area contributed by atoms with E-state index in [2.05, 4.69) is 0 Å². The van der Waals surface area contributed by atoms with E-state index in [1.165, 1.54) is 6.07 Å². The second-order valence-corrected chi connectivity index (χ2v) is 6.01. The van der Waals surface area contributed by atoms with E-state index in [-0.39, 0.29) is 5.91 Å². The van der Waals surface area contributed by atoms with Gasteiger partial charge in [-0.1, -0.05) is 6.07 Å². The minimum absolute atomic E-state index is 0.204. The van der Waals surface area contributed by atoms with E-state index in [4.69, 9.17) is 19.3 Å². The summed E-state index contributed by atoms with van der Waals surface area (Å²) < 4.78 is 15.7. The molecule has 0 aliphatic heterocycles. The van der Waals surface area contributed by atoms with Gasteiger partial charge in [0.15, 0.2) is 18.1 Å². The minimum Gasteiger partial charge on any atom is -0.493 e. The van der Waals surface area contributed by atoms with Crippen LogP contribution in [0, 0.1) is 6.92 Å². The maximum atomic E-state index is 12.7. The number of rotatable bonds is 8. The molecule has 0 unspecified atom stereocenters. The summed E-state index contributed by atoms with van der Waals surface area (Å²) in [6.45, 7) is 1.86. The molecule has 0 atom stereocenters. The SMILES string of the molecule is COc1cc(C)c(CN(C)C(=O)c2cccc(OCC(=O)O)c2)cc1OC. The number of aryl methyl sites for hydroxylation is 1. The molecule has 0 saturated carbocycles. The average Bonchev–Trinajstić information content (AvgIpc) is 2.67. The van der Waals surface area contributed by atoms with Gasteiger partial charge in [-0.05, 0) is 48.4 Å². The Morgan fingerprint density at radius 1 is 1.07 bits per heavy atom. The zero-order valence-electron chi connectivity index (χ0n) is 15.8. The Labute approximate surface area is 158 Å². The largest absolute Gasteiger partial charge is 0.493 e. The van der Waals surface area contributed by atoms with Crippen LogP contribution in [-0.2, 0) is 11.3 Å². The number of carbonyl (C=O) groups is 2. The highest BCUT2D eigenvalue weighted by molar-refractivity contribution is 5.94. The summed E-state index contributed by atoms with van der Waals surface area (Å²) in [7, 11) is 4.84. The van der Waals surface area contributed by atoms with Gasteiger partial charge in [-0.25, -0.2) is 4.79 Å². The van der Waals surface area contributed by atoms with Crippen molar-refractivity contribution < 1.29 is 28.9 Å². The van der Waals surface area contributed by atoms with Crippen LogP contribution < -0.4 is 14.2 Å². The Bertz CT molecular complexity index is 833. The Hall–Kier alpha value is -3.22. The molecule has 0 spiro atoms. The fourth-order valence-corrected chi connectivity index (χ4v) is 2.60. The lowest BCUT2D eigenvalue weighted by atomic mass is 10.1. The van der Waals surface area contributed by atoms with Crippen LogP contribution in [0.3, 0.4) is 0 Å². The molecular weight excluding hydrogens is 350 g/mol. The van der Waals surface area contributed by atoms with E-state index in [0.29, 0.717) is 29.4 Å². The van der Waals surface area contributed by atoms with E-state index in [0.717, 1.165) is 11.1 Å². The van der Waals surface area contributed by atoms with Gasteiger partial charge >= 0.3 is 5.97 Å². The maximum Gasteiger partial charge on any atom is 0.341 e. The second-order valence-electron chi connectivity index (χ2n) is 6.01. The zero-order valence-corrected chi connectivity index (χ0v) is 15.8. The number of amides is 1. The lowest BCUT2D eigenvalue weighted by Gasteiger charge is -2.20. The van der Waals surface area contributed by atoms with E-state index in [9.17, 15) is 9.59 Å². The first kappa shape index (κ1) is 20.1. The molecule has 1 amide bonds. The Morgan fingerprint density at radius 3 is 2.37 bits per heavy atom. The fourth-order valence-electron chi connectivity index (χ4n) is 2.60. The van der Waals surface area contributed by atoms with Crippen molar-refractivity contribution >= 4 is 11.9 Å². The first-order valence-electron chi connectivity index (χ1n) is 8.27. The van der Waals surface area contributed by atoms with Gasteiger partial charge in [0, 0.05) is 19.2 Å². The molecule has 2 aromatic carbocycles. The highest BCUT2D eigenvalue weighted by Crippen LogP contribution is 2.31. The number of aliphatic carboxylic acids is 1. The van der Waals surface area contributed by atoms with Gasteiger partial charge in [0.25, 0.3) is 5.91 Å². The van der Waals surface area contributed by atoms with Gasteiger partial charge in [-0.3, -0.25) is 4.79 Å². The molecule has 144 valence electrons. The highest BCUT2D eigenvalue weighted by atomic mass is 16.5. The zero-order chi connectivity index (χ0) is 20.0. The van der Waals surface area contributed by atoms with Gasteiger partial charge < -0.3 is 24.2 Å². The molecular formula is C20H23NO6. The Balaban J connectivity index is 2.16. The number of ether oxygens (including phenoxy) is 3. The predicted octanol–water partition coefficient (Wildman–Crippen LogP) is 2.75. The number of carboxylic acids is 1. The van der Waals surface area contributed by atoms with Crippen molar-refractivity contribution in [3.63, 3.8) is 0 Å². The van der Waals surface area contributed by atoms with Crippen LogP contribution in [0.4, 0.5) is 0 Å². The van der Waals surface area contributed by atoms with Crippen molar-refractivity contribution in [2.45, 2.75) is 13.5 Å². The molecule has 0 bridgehead atoms. The summed E-state index contributed by atoms with van der Waals surface area (Å²) in [6, 6.07) is 10.2. The van der Waals surface area contributed by atoms with E-state index < -0.39 is 12.6 Å². The van der Waals surface area contributed by atoms with Crippen LogP contribution in [0.25, 0.3) is 0 Å². The Kier molecular flexibility index (Phi) is 6.65. The smallest absolute Gasteiger partial charge is 0.341 e. The van der Waals surface area contributed by atoms with Gasteiger partial charge in [-0.2, -0.15) is 0 Å². The van der Waals surface area contributed by atoms with Crippen LogP contribution in [0.1, 0.15) is 21.5 Å². The predicted molar refractivity (Wildman–Crippen MR) is 99.7 cm³/mol. The number of carbonyl (C=O) groups excluding carboxylic acids is 1. The topological polar surface area (TPSA) is 85.3 Å². The number of hydrogen-bond acceptors (Lipinski definition) is 5. The monoisotopic (exact) mass is 373 g/mol. The number of methoxy groups -OCH3 is 2. The number of benzene rings is 2. The summed E-state index contributed by atoms with van der Waals surface area (Å²) in [6.07, 6.45) is 0. The first-order valence-corrected chi connectivity index (χ1v) is 8.27. The third kappa shape index (κ3) is 5.13. The molecule has 2 aromatic rings. The lowest BCUT2D eigenvalue weighted by molar-refractivity contribution is -0.139.